The lowest BCUT2D eigenvalue weighted by atomic mass is 10.1. The van der Waals surface area contributed by atoms with E-state index in [1.807, 2.05) is 0 Å². The highest BCUT2D eigenvalue weighted by molar-refractivity contribution is 7.93. The number of aromatic nitrogens is 1. The van der Waals surface area contributed by atoms with Crippen LogP contribution in [0.1, 0.15) is 18.4 Å². The largest absolute Gasteiger partial charge is 0.516 e. The molecule has 176 valence electrons. The van der Waals surface area contributed by atoms with E-state index in [-0.39, 0.29) is 16.5 Å². The zero-order valence-electron chi connectivity index (χ0n) is 17.0. The van der Waals surface area contributed by atoms with Crippen LogP contribution in [0.15, 0.2) is 41.8 Å². The predicted molar refractivity (Wildman–Crippen MR) is 121 cm³/mol. The summed E-state index contributed by atoms with van der Waals surface area (Å²) >= 11 is 7.55. The van der Waals surface area contributed by atoms with Crippen molar-refractivity contribution < 1.29 is 26.0 Å². The van der Waals surface area contributed by atoms with Crippen LogP contribution in [-0.4, -0.2) is 36.9 Å². The molecule has 0 radical (unpaired) electrons. The number of benzene rings is 2. The second-order valence-corrected chi connectivity index (χ2v) is 10.5. The van der Waals surface area contributed by atoms with Gasteiger partial charge in [-0.1, -0.05) is 11.6 Å². The number of thiazole rings is 1. The first-order valence-electron chi connectivity index (χ1n) is 9.89. The third kappa shape index (κ3) is 5.32. The number of nitrogens with zero attached hydrogens (tertiary/aromatic N) is 2. The fraction of sp³-hybridized carbons (Fsp3) is 0.286. The normalized spacial score (nSPS) is 15.2. The van der Waals surface area contributed by atoms with Crippen LogP contribution in [0.3, 0.4) is 0 Å². The molecule has 2 heterocycles. The quantitative estimate of drug-likeness (QED) is 0.398. The summed E-state index contributed by atoms with van der Waals surface area (Å²) in [7, 11) is -5.55. The Bertz CT molecular complexity index is 1270. The van der Waals surface area contributed by atoms with Gasteiger partial charge in [-0.25, -0.2) is 9.37 Å². The smallest absolute Gasteiger partial charge is 0.299 e. The van der Waals surface area contributed by atoms with Crippen molar-refractivity contribution in [3.63, 3.8) is 0 Å². The Balaban J connectivity index is 1.60. The van der Waals surface area contributed by atoms with E-state index in [4.69, 9.17) is 11.6 Å². The highest BCUT2D eigenvalue weighted by atomic mass is 35.5. The Hall–Kier alpha value is -2.21. The zero-order chi connectivity index (χ0) is 23.8. The first-order valence-corrected chi connectivity index (χ1v) is 12.6. The molecule has 0 saturated carbocycles. The van der Waals surface area contributed by atoms with Gasteiger partial charge in [-0.3, -0.25) is 9.62 Å². The second kappa shape index (κ2) is 9.21. The van der Waals surface area contributed by atoms with Crippen LogP contribution < -0.4 is 4.72 Å². The topological polar surface area (TPSA) is 62.3 Å². The average molecular weight is 520 g/mol. The Kier molecular flexibility index (Phi) is 6.68. The molecule has 0 aliphatic carbocycles. The third-order valence-electron chi connectivity index (χ3n) is 5.20. The Labute approximate surface area is 197 Å². The summed E-state index contributed by atoms with van der Waals surface area (Å²) in [6, 6.07) is 8.23. The number of nitrogens with one attached hydrogen (secondary N) is 1. The molecular formula is C21H18ClF4N3O2S2. The van der Waals surface area contributed by atoms with Gasteiger partial charge >= 0.3 is 15.5 Å². The summed E-state index contributed by atoms with van der Waals surface area (Å²) in [6.07, 6.45) is 2.22. The van der Waals surface area contributed by atoms with Gasteiger partial charge in [0.25, 0.3) is 0 Å². The molecule has 0 amide bonds. The van der Waals surface area contributed by atoms with Crippen molar-refractivity contribution in [2.45, 2.75) is 24.9 Å². The Morgan fingerprint density at radius 3 is 2.45 bits per heavy atom. The monoisotopic (exact) mass is 519 g/mol. The first kappa shape index (κ1) is 23.9. The lowest BCUT2D eigenvalue weighted by Crippen LogP contribution is -2.29. The van der Waals surface area contributed by atoms with E-state index in [2.05, 4.69) is 9.88 Å². The zero-order valence-corrected chi connectivity index (χ0v) is 19.4. The van der Waals surface area contributed by atoms with Crippen molar-refractivity contribution in [2.24, 2.45) is 0 Å². The summed E-state index contributed by atoms with van der Waals surface area (Å²) < 4.78 is 75.8. The molecule has 33 heavy (non-hydrogen) atoms. The lowest BCUT2D eigenvalue weighted by molar-refractivity contribution is -0.0429. The molecule has 3 aromatic rings. The molecule has 4 rings (SSSR count). The lowest BCUT2D eigenvalue weighted by Gasteiger charge is -2.16. The van der Waals surface area contributed by atoms with Crippen LogP contribution in [0, 0.1) is 5.82 Å². The van der Waals surface area contributed by atoms with Crippen LogP contribution >= 0.6 is 22.9 Å². The summed E-state index contributed by atoms with van der Waals surface area (Å²) in [6.45, 7) is 2.52. The number of alkyl halides is 3. The van der Waals surface area contributed by atoms with Gasteiger partial charge in [0.15, 0.2) is 0 Å². The van der Waals surface area contributed by atoms with Crippen LogP contribution in [0.4, 0.5) is 23.2 Å². The maximum absolute atomic E-state index is 13.9. The maximum atomic E-state index is 13.9. The minimum atomic E-state index is -5.55. The number of rotatable bonds is 6. The average Bonchev–Trinajstić information content (AvgIpc) is 3.39. The van der Waals surface area contributed by atoms with Crippen molar-refractivity contribution in [1.82, 2.24) is 9.88 Å². The molecular weight excluding hydrogens is 502 g/mol. The van der Waals surface area contributed by atoms with E-state index in [1.54, 1.807) is 11.4 Å². The van der Waals surface area contributed by atoms with Crippen LogP contribution in [0.5, 0.6) is 0 Å². The first-order chi connectivity index (χ1) is 15.5. The molecule has 0 bridgehead atoms. The van der Waals surface area contributed by atoms with Gasteiger partial charge in [-0.15, -0.1) is 11.3 Å². The van der Waals surface area contributed by atoms with Gasteiger partial charge in [0.2, 0.25) is 0 Å². The third-order valence-corrected chi connectivity index (χ3v) is 7.50. The molecule has 5 nitrogen and oxygen atoms in total. The van der Waals surface area contributed by atoms with Crippen molar-refractivity contribution >= 4 is 38.6 Å². The number of hydrogen-bond acceptors (Lipinski definition) is 5. The Morgan fingerprint density at radius 2 is 1.79 bits per heavy atom. The van der Waals surface area contributed by atoms with E-state index in [1.165, 1.54) is 40.3 Å². The predicted octanol–water partition coefficient (Wildman–Crippen LogP) is 6.13. The molecule has 0 atom stereocenters. The second-order valence-electron chi connectivity index (χ2n) is 7.57. The molecule has 2 aromatic carbocycles. The fourth-order valence-corrected chi connectivity index (χ4v) is 5.31. The Morgan fingerprint density at radius 1 is 1.09 bits per heavy atom. The molecule has 0 spiro atoms. The molecule has 0 unspecified atom stereocenters. The van der Waals surface area contributed by atoms with E-state index in [0.717, 1.165) is 43.1 Å². The molecule has 1 aromatic heterocycles. The van der Waals surface area contributed by atoms with Crippen LogP contribution in [0.2, 0.25) is 5.02 Å². The number of sulfonamides is 1. The minimum absolute atomic E-state index is 0.0330. The van der Waals surface area contributed by atoms with E-state index < -0.39 is 15.5 Å². The van der Waals surface area contributed by atoms with Crippen LogP contribution in [0.25, 0.3) is 21.8 Å². The SMILES string of the molecule is O=S(=O)(Nc1ccc(-c2csc(-c3ccc(F)cc3CN3CCCC3)n2)c(Cl)c1)C(F)(F)F. The van der Waals surface area contributed by atoms with Gasteiger partial charge < -0.3 is 0 Å². The highest BCUT2D eigenvalue weighted by Crippen LogP contribution is 2.36. The van der Waals surface area contributed by atoms with E-state index >= 15 is 0 Å². The van der Waals surface area contributed by atoms with Gasteiger partial charge in [-0.05, 0) is 67.9 Å². The van der Waals surface area contributed by atoms with Crippen molar-refractivity contribution in [3.05, 3.63) is 58.2 Å². The molecule has 1 N–H and O–H groups in total. The van der Waals surface area contributed by atoms with Gasteiger partial charge in [0.1, 0.15) is 10.8 Å². The van der Waals surface area contributed by atoms with Gasteiger partial charge in [-0.2, -0.15) is 21.6 Å². The van der Waals surface area contributed by atoms with Crippen molar-refractivity contribution in [3.8, 4) is 21.8 Å². The molecule has 1 fully saturated rings. The summed E-state index contributed by atoms with van der Waals surface area (Å²) in [5.41, 5.74) is -3.24. The van der Waals surface area contributed by atoms with Gasteiger partial charge in [0.05, 0.1) is 16.4 Å². The summed E-state index contributed by atoms with van der Waals surface area (Å²) in [4.78, 5) is 6.85. The van der Waals surface area contributed by atoms with Gasteiger partial charge in [0, 0.05) is 23.1 Å². The van der Waals surface area contributed by atoms with Crippen molar-refractivity contribution in [2.75, 3.05) is 17.8 Å². The fourth-order valence-electron chi connectivity index (χ4n) is 3.60. The number of anilines is 1. The molecule has 12 heteroatoms. The number of halogens is 5. The minimum Gasteiger partial charge on any atom is -0.299 e. The molecule has 1 aliphatic heterocycles. The van der Waals surface area contributed by atoms with E-state index in [0.29, 0.717) is 22.8 Å². The highest BCUT2D eigenvalue weighted by Gasteiger charge is 2.46. The van der Waals surface area contributed by atoms with Crippen LogP contribution in [-0.2, 0) is 16.6 Å². The molecule has 1 saturated heterocycles. The van der Waals surface area contributed by atoms with E-state index in [9.17, 15) is 26.0 Å². The maximum Gasteiger partial charge on any atom is 0.516 e. The standard InChI is InChI=1S/C21H18ClF4N3O2S2/c22-18-10-15(28-33(30,31)21(24,25)26)4-6-17(18)19-12-32-20(27-19)16-5-3-14(23)9-13(16)11-29-7-1-2-8-29/h3-6,9-10,12,28H,1-2,7-8,11H2. The number of likely N-dealkylation sites (tertiary alicyclic amines) is 1. The summed E-state index contributed by atoms with van der Waals surface area (Å²) in [5.74, 6) is -0.329. The number of hydrogen-bond donors (Lipinski definition) is 1. The summed E-state index contributed by atoms with van der Waals surface area (Å²) in [5, 5.41) is 2.42. The van der Waals surface area contributed by atoms with Crippen molar-refractivity contribution in [1.29, 1.82) is 0 Å². The molecule has 1 aliphatic rings.